The van der Waals surface area contributed by atoms with Gasteiger partial charge in [-0.15, -0.1) is 0 Å². The number of nitrogens with one attached hydrogen (secondary N) is 1. The second kappa shape index (κ2) is 6.55. The minimum absolute atomic E-state index is 0.0567. The van der Waals surface area contributed by atoms with Crippen molar-refractivity contribution in [2.75, 3.05) is 11.9 Å². The first-order valence-electron chi connectivity index (χ1n) is 7.16. The molecule has 0 aromatic heterocycles. The van der Waals surface area contributed by atoms with E-state index in [-0.39, 0.29) is 11.8 Å². The van der Waals surface area contributed by atoms with Crippen molar-refractivity contribution in [1.82, 2.24) is 0 Å². The van der Waals surface area contributed by atoms with Crippen LogP contribution in [0.4, 0.5) is 5.69 Å². The number of amides is 1. The van der Waals surface area contributed by atoms with Crippen LogP contribution in [0.15, 0.2) is 42.5 Å². The molecule has 21 heavy (non-hydrogen) atoms. The number of hydrogen-bond acceptors (Lipinski definition) is 2. The average Bonchev–Trinajstić information content (AvgIpc) is 2.45. The molecule has 0 saturated heterocycles. The first-order chi connectivity index (χ1) is 10.0. The van der Waals surface area contributed by atoms with E-state index >= 15 is 0 Å². The zero-order valence-electron chi connectivity index (χ0n) is 12.8. The largest absolute Gasteiger partial charge is 0.329 e. The van der Waals surface area contributed by atoms with E-state index in [9.17, 15) is 4.79 Å². The van der Waals surface area contributed by atoms with Crippen LogP contribution in [-0.4, -0.2) is 12.5 Å². The minimum atomic E-state index is -0.327. The molecule has 2 aromatic rings. The third-order valence-corrected chi connectivity index (χ3v) is 3.68. The van der Waals surface area contributed by atoms with Crippen molar-refractivity contribution in [2.24, 2.45) is 5.73 Å². The summed E-state index contributed by atoms with van der Waals surface area (Å²) in [7, 11) is 0. The number of nitrogens with two attached hydrogens (primary N) is 1. The Morgan fingerprint density at radius 1 is 1.10 bits per heavy atom. The minimum Gasteiger partial charge on any atom is -0.329 e. The van der Waals surface area contributed by atoms with Crippen molar-refractivity contribution in [1.29, 1.82) is 0 Å². The summed E-state index contributed by atoms with van der Waals surface area (Å²) in [5.41, 5.74) is 11.0. The van der Waals surface area contributed by atoms with Gasteiger partial charge in [-0.05, 0) is 37.5 Å². The van der Waals surface area contributed by atoms with Gasteiger partial charge in [-0.2, -0.15) is 0 Å². The molecule has 0 aliphatic carbocycles. The molecule has 0 spiro atoms. The van der Waals surface area contributed by atoms with Crippen molar-refractivity contribution in [3.05, 3.63) is 64.7 Å². The molecule has 0 aliphatic rings. The van der Waals surface area contributed by atoms with Crippen LogP contribution in [-0.2, 0) is 4.79 Å². The van der Waals surface area contributed by atoms with Crippen molar-refractivity contribution < 1.29 is 4.79 Å². The van der Waals surface area contributed by atoms with E-state index in [1.54, 1.807) is 0 Å². The van der Waals surface area contributed by atoms with Crippen molar-refractivity contribution in [2.45, 2.75) is 26.7 Å². The smallest absolute Gasteiger partial charge is 0.233 e. The number of carbonyl (C=O) groups is 1. The van der Waals surface area contributed by atoms with Crippen LogP contribution >= 0.6 is 0 Å². The lowest BCUT2D eigenvalue weighted by Gasteiger charge is -2.18. The van der Waals surface area contributed by atoms with Gasteiger partial charge in [0.15, 0.2) is 0 Å². The fourth-order valence-electron chi connectivity index (χ4n) is 2.67. The standard InChI is InChI=1S/C18H22N2O/c1-12-9-13(2)17(14(3)10-12)20-18(21)16(11-19)15-7-5-4-6-8-15/h4-10,16H,11,19H2,1-3H3,(H,20,21). The third kappa shape index (κ3) is 3.50. The van der Waals surface area contributed by atoms with Gasteiger partial charge >= 0.3 is 0 Å². The number of benzene rings is 2. The SMILES string of the molecule is Cc1cc(C)c(NC(=O)C(CN)c2ccccc2)c(C)c1. The van der Waals surface area contributed by atoms with E-state index in [0.29, 0.717) is 6.54 Å². The highest BCUT2D eigenvalue weighted by molar-refractivity contribution is 5.97. The summed E-state index contributed by atoms with van der Waals surface area (Å²) in [6, 6.07) is 13.8. The van der Waals surface area contributed by atoms with E-state index in [1.807, 2.05) is 44.2 Å². The predicted molar refractivity (Wildman–Crippen MR) is 87.5 cm³/mol. The van der Waals surface area contributed by atoms with E-state index in [0.717, 1.165) is 22.4 Å². The number of aryl methyl sites for hydroxylation is 3. The summed E-state index contributed by atoms with van der Waals surface area (Å²) < 4.78 is 0. The zero-order valence-corrected chi connectivity index (χ0v) is 12.8. The summed E-state index contributed by atoms with van der Waals surface area (Å²) in [6.07, 6.45) is 0. The highest BCUT2D eigenvalue weighted by Crippen LogP contribution is 2.24. The van der Waals surface area contributed by atoms with Crippen LogP contribution in [0.5, 0.6) is 0 Å². The van der Waals surface area contributed by atoms with Crippen LogP contribution in [0, 0.1) is 20.8 Å². The summed E-state index contributed by atoms with van der Waals surface area (Å²) in [5.74, 6) is -0.384. The molecular formula is C18H22N2O. The molecule has 0 bridgehead atoms. The Kier molecular flexibility index (Phi) is 4.76. The molecule has 1 unspecified atom stereocenters. The maximum Gasteiger partial charge on any atom is 0.233 e. The van der Waals surface area contributed by atoms with Crippen LogP contribution in [0.1, 0.15) is 28.2 Å². The highest BCUT2D eigenvalue weighted by Gasteiger charge is 2.20. The molecule has 0 saturated carbocycles. The second-order valence-corrected chi connectivity index (χ2v) is 5.46. The van der Waals surface area contributed by atoms with Crippen molar-refractivity contribution in [3.63, 3.8) is 0 Å². The number of rotatable bonds is 4. The monoisotopic (exact) mass is 282 g/mol. The van der Waals surface area contributed by atoms with Gasteiger partial charge in [-0.3, -0.25) is 4.79 Å². The molecule has 1 atom stereocenters. The lowest BCUT2D eigenvalue weighted by atomic mass is 9.97. The Morgan fingerprint density at radius 3 is 2.19 bits per heavy atom. The van der Waals surface area contributed by atoms with E-state index in [4.69, 9.17) is 5.73 Å². The molecule has 0 radical (unpaired) electrons. The Hall–Kier alpha value is -2.13. The predicted octanol–water partition coefficient (Wildman–Crippen LogP) is 3.29. The summed E-state index contributed by atoms with van der Waals surface area (Å²) in [5, 5.41) is 3.04. The van der Waals surface area contributed by atoms with Gasteiger partial charge in [0.25, 0.3) is 0 Å². The molecule has 2 rings (SSSR count). The van der Waals surface area contributed by atoms with Crippen LogP contribution in [0.2, 0.25) is 0 Å². The van der Waals surface area contributed by atoms with Gasteiger partial charge < -0.3 is 11.1 Å². The molecule has 110 valence electrons. The Bertz CT molecular complexity index is 612. The Morgan fingerprint density at radius 2 is 1.67 bits per heavy atom. The summed E-state index contributed by atoms with van der Waals surface area (Å²) in [4.78, 5) is 12.5. The van der Waals surface area contributed by atoms with Gasteiger partial charge in [0.2, 0.25) is 5.91 Å². The maximum absolute atomic E-state index is 12.5. The van der Waals surface area contributed by atoms with Crippen molar-refractivity contribution >= 4 is 11.6 Å². The number of anilines is 1. The molecule has 1 amide bonds. The van der Waals surface area contributed by atoms with Crippen LogP contribution in [0.3, 0.4) is 0 Å². The van der Waals surface area contributed by atoms with E-state index in [1.165, 1.54) is 5.56 Å². The van der Waals surface area contributed by atoms with Gasteiger partial charge in [0.05, 0.1) is 5.92 Å². The molecule has 3 heteroatoms. The van der Waals surface area contributed by atoms with Gasteiger partial charge in [-0.1, -0.05) is 48.0 Å². The van der Waals surface area contributed by atoms with E-state index in [2.05, 4.69) is 24.4 Å². The Balaban J connectivity index is 2.25. The fourth-order valence-corrected chi connectivity index (χ4v) is 2.67. The summed E-state index contributed by atoms with van der Waals surface area (Å²) >= 11 is 0. The molecule has 3 nitrogen and oxygen atoms in total. The second-order valence-electron chi connectivity index (χ2n) is 5.46. The quantitative estimate of drug-likeness (QED) is 0.904. The zero-order chi connectivity index (χ0) is 15.4. The normalized spacial score (nSPS) is 12.0. The van der Waals surface area contributed by atoms with Gasteiger partial charge in [0.1, 0.15) is 0 Å². The lowest BCUT2D eigenvalue weighted by Crippen LogP contribution is -2.28. The van der Waals surface area contributed by atoms with Crippen molar-refractivity contribution in [3.8, 4) is 0 Å². The first-order valence-corrected chi connectivity index (χ1v) is 7.16. The molecule has 3 N–H and O–H groups in total. The van der Waals surface area contributed by atoms with Crippen LogP contribution < -0.4 is 11.1 Å². The molecule has 0 aliphatic heterocycles. The van der Waals surface area contributed by atoms with Gasteiger partial charge in [-0.25, -0.2) is 0 Å². The highest BCUT2D eigenvalue weighted by atomic mass is 16.1. The number of hydrogen-bond donors (Lipinski definition) is 2. The van der Waals surface area contributed by atoms with E-state index < -0.39 is 0 Å². The molecule has 0 fully saturated rings. The molecular weight excluding hydrogens is 260 g/mol. The average molecular weight is 282 g/mol. The first kappa shape index (κ1) is 15.3. The topological polar surface area (TPSA) is 55.1 Å². The summed E-state index contributed by atoms with van der Waals surface area (Å²) in [6.45, 7) is 6.36. The Labute approximate surface area is 126 Å². The molecule has 0 heterocycles. The van der Waals surface area contributed by atoms with Gasteiger partial charge in [0, 0.05) is 12.2 Å². The number of carbonyl (C=O) groups excluding carboxylic acids is 1. The van der Waals surface area contributed by atoms with Crippen LogP contribution in [0.25, 0.3) is 0 Å². The lowest BCUT2D eigenvalue weighted by molar-refractivity contribution is -0.117. The molecule has 2 aromatic carbocycles. The third-order valence-electron chi connectivity index (χ3n) is 3.68. The maximum atomic E-state index is 12.5. The fraction of sp³-hybridized carbons (Fsp3) is 0.278.